The van der Waals surface area contributed by atoms with Crippen molar-refractivity contribution in [1.29, 1.82) is 0 Å². The zero-order chi connectivity index (χ0) is 14.5. The molecule has 4 heteroatoms. The number of hydrogen-bond donors (Lipinski definition) is 1. The van der Waals surface area contributed by atoms with Crippen LogP contribution < -0.4 is 5.73 Å². The van der Waals surface area contributed by atoms with E-state index in [0.717, 1.165) is 24.0 Å². The number of benzene rings is 1. The summed E-state index contributed by atoms with van der Waals surface area (Å²) in [6.07, 6.45) is 1.83. The van der Waals surface area contributed by atoms with Crippen LogP contribution in [0, 0.1) is 5.92 Å². The van der Waals surface area contributed by atoms with Gasteiger partial charge in [-0.1, -0.05) is 31.2 Å². The summed E-state index contributed by atoms with van der Waals surface area (Å²) in [7, 11) is 1.87. The Morgan fingerprint density at radius 3 is 2.60 bits per heavy atom. The number of nitrogens with zero attached hydrogens (tertiary/aromatic N) is 1. The van der Waals surface area contributed by atoms with Crippen molar-refractivity contribution in [3.63, 3.8) is 0 Å². The summed E-state index contributed by atoms with van der Waals surface area (Å²) in [6.45, 7) is 3.96. The molecule has 0 spiro atoms. The summed E-state index contributed by atoms with van der Waals surface area (Å²) in [5.41, 5.74) is 7.82. The second kappa shape index (κ2) is 6.86. The summed E-state index contributed by atoms with van der Waals surface area (Å²) in [5, 5.41) is 0. The van der Waals surface area contributed by atoms with Gasteiger partial charge in [0.15, 0.2) is 0 Å². The van der Waals surface area contributed by atoms with E-state index >= 15 is 0 Å². The Bertz CT molecular complexity index is 444. The van der Waals surface area contributed by atoms with Crippen LogP contribution in [0.15, 0.2) is 24.3 Å². The van der Waals surface area contributed by atoms with E-state index in [2.05, 4.69) is 6.92 Å². The minimum Gasteiger partial charge on any atom is -0.377 e. The monoisotopic (exact) mass is 276 g/mol. The molecular formula is C16H24N2O2. The lowest BCUT2D eigenvalue weighted by atomic mass is 9.98. The second-order valence-corrected chi connectivity index (χ2v) is 5.43. The highest BCUT2D eigenvalue weighted by Gasteiger charge is 2.34. The van der Waals surface area contributed by atoms with Crippen molar-refractivity contribution in [3.8, 4) is 0 Å². The Balaban J connectivity index is 1.96. The van der Waals surface area contributed by atoms with Crippen molar-refractivity contribution in [3.05, 3.63) is 35.4 Å². The highest BCUT2D eigenvalue weighted by Crippen LogP contribution is 2.25. The first-order valence-electron chi connectivity index (χ1n) is 7.30. The van der Waals surface area contributed by atoms with Gasteiger partial charge in [-0.15, -0.1) is 0 Å². The first-order chi connectivity index (χ1) is 9.65. The Labute approximate surface area is 120 Å². The first-order valence-corrected chi connectivity index (χ1v) is 7.30. The molecule has 2 atom stereocenters. The molecule has 2 unspecified atom stereocenters. The first kappa shape index (κ1) is 15.0. The van der Waals surface area contributed by atoms with Gasteiger partial charge in [-0.2, -0.15) is 0 Å². The molecule has 2 rings (SSSR count). The Hall–Kier alpha value is -1.39. The van der Waals surface area contributed by atoms with Crippen LogP contribution in [0.1, 0.15) is 30.9 Å². The minimum atomic E-state index is 0.0216. The SMILES string of the molecule is CCC1OCCC1C(=O)N(C)Cc1ccc(CN)cc1. The summed E-state index contributed by atoms with van der Waals surface area (Å²) in [5.74, 6) is 0.213. The van der Waals surface area contributed by atoms with Gasteiger partial charge in [0, 0.05) is 26.7 Å². The standard InChI is InChI=1S/C16H24N2O2/c1-3-15-14(8-9-20-15)16(19)18(2)11-13-6-4-12(10-17)5-7-13/h4-7,14-15H,3,8-11,17H2,1-2H3. The molecule has 1 aliphatic heterocycles. The number of nitrogens with two attached hydrogens (primary N) is 1. The zero-order valence-electron chi connectivity index (χ0n) is 12.3. The van der Waals surface area contributed by atoms with Crippen molar-refractivity contribution >= 4 is 5.91 Å². The summed E-state index contributed by atoms with van der Waals surface area (Å²) >= 11 is 0. The van der Waals surface area contributed by atoms with E-state index in [0.29, 0.717) is 19.7 Å². The molecular weight excluding hydrogens is 252 g/mol. The van der Waals surface area contributed by atoms with Crippen molar-refractivity contribution in [1.82, 2.24) is 4.90 Å². The predicted octanol–water partition coefficient (Wildman–Crippen LogP) is 1.92. The molecule has 1 aromatic carbocycles. The number of carbonyl (C=O) groups excluding carboxylic acids is 1. The van der Waals surface area contributed by atoms with E-state index < -0.39 is 0 Å². The molecule has 0 radical (unpaired) electrons. The van der Waals surface area contributed by atoms with Crippen LogP contribution in [-0.4, -0.2) is 30.6 Å². The van der Waals surface area contributed by atoms with Gasteiger partial charge in [-0.3, -0.25) is 4.79 Å². The molecule has 1 heterocycles. The van der Waals surface area contributed by atoms with Crippen LogP contribution in [0.25, 0.3) is 0 Å². The van der Waals surface area contributed by atoms with Crippen molar-refractivity contribution in [2.75, 3.05) is 13.7 Å². The predicted molar refractivity (Wildman–Crippen MR) is 78.9 cm³/mol. The number of amides is 1. The van der Waals surface area contributed by atoms with Crippen LogP contribution >= 0.6 is 0 Å². The van der Waals surface area contributed by atoms with Crippen molar-refractivity contribution in [2.24, 2.45) is 11.7 Å². The quantitative estimate of drug-likeness (QED) is 0.894. The van der Waals surface area contributed by atoms with E-state index in [4.69, 9.17) is 10.5 Å². The fraction of sp³-hybridized carbons (Fsp3) is 0.562. The third-order valence-corrected chi connectivity index (χ3v) is 3.98. The average molecular weight is 276 g/mol. The lowest BCUT2D eigenvalue weighted by Crippen LogP contribution is -2.36. The van der Waals surface area contributed by atoms with Crippen LogP contribution in [0.2, 0.25) is 0 Å². The van der Waals surface area contributed by atoms with Gasteiger partial charge in [0.2, 0.25) is 5.91 Å². The highest BCUT2D eigenvalue weighted by molar-refractivity contribution is 5.79. The maximum absolute atomic E-state index is 12.5. The Morgan fingerprint density at radius 2 is 2.00 bits per heavy atom. The molecule has 1 fully saturated rings. The molecule has 0 aliphatic carbocycles. The molecule has 1 aromatic rings. The minimum absolute atomic E-state index is 0.0216. The van der Waals surface area contributed by atoms with Gasteiger partial charge in [-0.05, 0) is 24.0 Å². The van der Waals surface area contributed by atoms with Gasteiger partial charge in [0.05, 0.1) is 12.0 Å². The number of ether oxygens (including phenoxy) is 1. The number of carbonyl (C=O) groups is 1. The van der Waals surface area contributed by atoms with E-state index in [-0.39, 0.29) is 17.9 Å². The summed E-state index contributed by atoms with van der Waals surface area (Å²) in [4.78, 5) is 14.3. The van der Waals surface area contributed by atoms with Gasteiger partial charge < -0.3 is 15.4 Å². The molecule has 1 aliphatic rings. The fourth-order valence-electron chi connectivity index (χ4n) is 2.75. The van der Waals surface area contributed by atoms with E-state index in [1.54, 1.807) is 4.90 Å². The largest absolute Gasteiger partial charge is 0.377 e. The molecule has 110 valence electrons. The fourth-order valence-corrected chi connectivity index (χ4v) is 2.75. The van der Waals surface area contributed by atoms with Crippen molar-refractivity contribution in [2.45, 2.75) is 39.0 Å². The molecule has 1 amide bonds. The van der Waals surface area contributed by atoms with Crippen LogP contribution in [0.4, 0.5) is 0 Å². The van der Waals surface area contributed by atoms with Gasteiger partial charge in [-0.25, -0.2) is 0 Å². The van der Waals surface area contributed by atoms with Crippen LogP contribution in [0.3, 0.4) is 0 Å². The molecule has 1 saturated heterocycles. The number of rotatable bonds is 5. The maximum Gasteiger partial charge on any atom is 0.228 e. The summed E-state index contributed by atoms with van der Waals surface area (Å²) in [6, 6.07) is 8.10. The topological polar surface area (TPSA) is 55.6 Å². The van der Waals surface area contributed by atoms with Crippen molar-refractivity contribution < 1.29 is 9.53 Å². The average Bonchev–Trinajstić information content (AvgIpc) is 2.95. The second-order valence-electron chi connectivity index (χ2n) is 5.43. The van der Waals surface area contributed by atoms with E-state index in [1.807, 2.05) is 31.3 Å². The third kappa shape index (κ3) is 3.38. The Morgan fingerprint density at radius 1 is 1.35 bits per heavy atom. The molecule has 0 saturated carbocycles. The third-order valence-electron chi connectivity index (χ3n) is 3.98. The molecule has 0 bridgehead atoms. The molecule has 20 heavy (non-hydrogen) atoms. The molecule has 2 N–H and O–H groups in total. The van der Waals surface area contributed by atoms with Crippen LogP contribution in [-0.2, 0) is 22.6 Å². The van der Waals surface area contributed by atoms with Gasteiger partial charge in [0.1, 0.15) is 0 Å². The normalized spacial score (nSPS) is 21.9. The Kier molecular flexibility index (Phi) is 5.15. The van der Waals surface area contributed by atoms with Crippen LogP contribution in [0.5, 0.6) is 0 Å². The van der Waals surface area contributed by atoms with E-state index in [1.165, 1.54) is 0 Å². The van der Waals surface area contributed by atoms with Gasteiger partial charge in [0.25, 0.3) is 0 Å². The van der Waals surface area contributed by atoms with E-state index in [9.17, 15) is 4.79 Å². The lowest BCUT2D eigenvalue weighted by molar-refractivity contribution is -0.136. The molecule has 0 aromatic heterocycles. The zero-order valence-corrected chi connectivity index (χ0v) is 12.3. The van der Waals surface area contributed by atoms with Gasteiger partial charge >= 0.3 is 0 Å². The smallest absolute Gasteiger partial charge is 0.228 e. The number of hydrogen-bond acceptors (Lipinski definition) is 3. The lowest BCUT2D eigenvalue weighted by Gasteiger charge is -2.24. The molecule has 4 nitrogen and oxygen atoms in total. The summed E-state index contributed by atoms with van der Waals surface area (Å²) < 4.78 is 5.61. The maximum atomic E-state index is 12.5. The highest BCUT2D eigenvalue weighted by atomic mass is 16.5.